The average molecular weight is 276 g/mol. The predicted molar refractivity (Wildman–Crippen MR) is 72.9 cm³/mol. The summed E-state index contributed by atoms with van der Waals surface area (Å²) in [5.74, 6) is -0.915. The molecule has 0 saturated carbocycles. The van der Waals surface area contributed by atoms with E-state index in [1.54, 1.807) is 17.7 Å². The minimum Gasteiger partial charge on any atom is -0.507 e. The van der Waals surface area contributed by atoms with Crippen molar-refractivity contribution in [1.29, 1.82) is 0 Å². The fraction of sp³-hybridized carbons (Fsp3) is 0.357. The molecule has 1 heterocycles. The summed E-state index contributed by atoms with van der Waals surface area (Å²) in [5, 5.41) is 18.8. The molecule has 1 aromatic carbocycles. The van der Waals surface area contributed by atoms with Crippen LogP contribution in [0.3, 0.4) is 0 Å². The molecule has 0 radical (unpaired) electrons. The lowest BCUT2D eigenvalue weighted by Crippen LogP contribution is -2.17. The van der Waals surface area contributed by atoms with Crippen LogP contribution in [0.1, 0.15) is 29.5 Å². The van der Waals surface area contributed by atoms with Gasteiger partial charge in [-0.05, 0) is 18.6 Å². The summed E-state index contributed by atoms with van der Waals surface area (Å²) in [4.78, 5) is 26.5. The number of aliphatic carboxylic acids is 1. The van der Waals surface area contributed by atoms with Gasteiger partial charge in [0.1, 0.15) is 17.1 Å². The number of hydrogen-bond acceptors (Lipinski definition) is 4. The van der Waals surface area contributed by atoms with Gasteiger partial charge in [-0.3, -0.25) is 9.59 Å². The average Bonchev–Trinajstić information content (AvgIpc) is 2.72. The van der Waals surface area contributed by atoms with Gasteiger partial charge in [0.25, 0.3) is 0 Å². The minimum atomic E-state index is -0.863. The first kappa shape index (κ1) is 14.0. The lowest BCUT2D eigenvalue weighted by Gasteiger charge is -2.09. The maximum atomic E-state index is 11.1. The van der Waals surface area contributed by atoms with E-state index in [1.165, 1.54) is 6.07 Å². The summed E-state index contributed by atoms with van der Waals surface area (Å²) < 4.78 is 1.76. The number of aryl methyl sites for hydroxylation is 1. The number of imidazole rings is 1. The van der Waals surface area contributed by atoms with Gasteiger partial charge in [0.2, 0.25) is 0 Å². The third-order valence-corrected chi connectivity index (χ3v) is 3.55. The number of fused-ring (bicyclic) bond motifs is 1. The van der Waals surface area contributed by atoms with E-state index in [1.807, 2.05) is 6.92 Å². The molecule has 0 bridgehead atoms. The van der Waals surface area contributed by atoms with E-state index in [0.717, 1.165) is 0 Å². The molecule has 0 aliphatic rings. The highest BCUT2D eigenvalue weighted by Gasteiger charge is 2.20. The number of aromatic hydroxyl groups is 1. The maximum absolute atomic E-state index is 11.1. The fourth-order valence-corrected chi connectivity index (χ4v) is 2.24. The van der Waals surface area contributed by atoms with Crippen molar-refractivity contribution in [3.63, 3.8) is 0 Å². The first-order valence-corrected chi connectivity index (χ1v) is 6.34. The van der Waals surface area contributed by atoms with E-state index in [-0.39, 0.29) is 17.7 Å². The highest BCUT2D eigenvalue weighted by molar-refractivity contribution is 5.97. The predicted octanol–water partition coefficient (Wildman–Crippen LogP) is 1.74. The van der Waals surface area contributed by atoms with Crippen LogP contribution in [-0.2, 0) is 18.3 Å². The summed E-state index contributed by atoms with van der Waals surface area (Å²) >= 11 is 0. The Kier molecular flexibility index (Phi) is 3.74. The Morgan fingerprint density at radius 2 is 2.20 bits per heavy atom. The largest absolute Gasteiger partial charge is 0.507 e. The van der Waals surface area contributed by atoms with Crippen molar-refractivity contribution >= 4 is 23.3 Å². The highest BCUT2D eigenvalue weighted by atomic mass is 16.4. The normalized spacial score (nSPS) is 12.5. The molecule has 1 aromatic heterocycles. The number of hydrogen-bond donors (Lipinski definition) is 2. The fourth-order valence-electron chi connectivity index (χ4n) is 2.24. The number of aldehydes is 1. The van der Waals surface area contributed by atoms with Crippen LogP contribution in [0.5, 0.6) is 5.75 Å². The number of aromatic nitrogens is 2. The highest BCUT2D eigenvalue weighted by Crippen LogP contribution is 2.26. The minimum absolute atomic E-state index is 0.123. The number of carboxylic acid groups (broad SMARTS) is 1. The van der Waals surface area contributed by atoms with E-state index < -0.39 is 11.9 Å². The summed E-state index contributed by atoms with van der Waals surface area (Å²) in [6.45, 7) is 1.81. The van der Waals surface area contributed by atoms with Crippen molar-refractivity contribution < 1.29 is 19.8 Å². The Hall–Kier alpha value is -2.37. The molecule has 1 unspecified atom stereocenters. The molecular formula is C14H16N2O4. The Balaban J connectivity index is 2.53. The number of nitrogens with zero attached hydrogens (tertiary/aromatic N) is 2. The van der Waals surface area contributed by atoms with Crippen molar-refractivity contribution in [1.82, 2.24) is 9.55 Å². The summed E-state index contributed by atoms with van der Waals surface area (Å²) in [6.07, 6.45) is 1.35. The van der Waals surface area contributed by atoms with Crippen LogP contribution >= 0.6 is 0 Å². The zero-order valence-corrected chi connectivity index (χ0v) is 11.3. The molecule has 0 amide bonds. The van der Waals surface area contributed by atoms with E-state index in [2.05, 4.69) is 4.98 Å². The lowest BCUT2D eigenvalue weighted by molar-refractivity contribution is -0.141. The smallest absolute Gasteiger partial charge is 0.306 e. The molecule has 0 aliphatic heterocycles. The molecule has 0 fully saturated rings. The van der Waals surface area contributed by atoms with E-state index in [4.69, 9.17) is 5.11 Å². The summed E-state index contributed by atoms with van der Waals surface area (Å²) in [7, 11) is 1.77. The monoisotopic (exact) mass is 276 g/mol. The van der Waals surface area contributed by atoms with E-state index in [0.29, 0.717) is 29.6 Å². The van der Waals surface area contributed by atoms with Gasteiger partial charge in [-0.2, -0.15) is 0 Å². The Bertz CT molecular complexity index is 675. The summed E-state index contributed by atoms with van der Waals surface area (Å²) in [6, 6.07) is 3.10. The van der Waals surface area contributed by atoms with Crippen LogP contribution in [0.25, 0.3) is 11.0 Å². The van der Waals surface area contributed by atoms with Gasteiger partial charge < -0.3 is 14.8 Å². The van der Waals surface area contributed by atoms with Gasteiger partial charge in [0.15, 0.2) is 6.29 Å². The van der Waals surface area contributed by atoms with Crippen LogP contribution in [0.15, 0.2) is 12.1 Å². The second-order valence-corrected chi connectivity index (χ2v) is 4.72. The molecule has 2 N–H and O–H groups in total. The first-order chi connectivity index (χ1) is 9.49. The molecule has 0 spiro atoms. The number of carbonyl (C=O) groups excluding carboxylic acids is 1. The van der Waals surface area contributed by atoms with Crippen molar-refractivity contribution in [3.8, 4) is 5.75 Å². The van der Waals surface area contributed by atoms with Crippen molar-refractivity contribution in [2.45, 2.75) is 19.8 Å². The number of benzene rings is 1. The quantitative estimate of drug-likeness (QED) is 0.811. The molecule has 2 rings (SSSR count). The van der Waals surface area contributed by atoms with Gasteiger partial charge in [-0.25, -0.2) is 4.98 Å². The second kappa shape index (κ2) is 5.32. The third kappa shape index (κ3) is 2.24. The summed E-state index contributed by atoms with van der Waals surface area (Å²) in [5.41, 5.74) is 1.23. The third-order valence-electron chi connectivity index (χ3n) is 3.55. The molecule has 1 atom stereocenters. The van der Waals surface area contributed by atoms with Gasteiger partial charge >= 0.3 is 5.97 Å². The van der Waals surface area contributed by atoms with E-state index in [9.17, 15) is 14.7 Å². The number of phenols is 1. The van der Waals surface area contributed by atoms with Crippen LogP contribution in [0.4, 0.5) is 0 Å². The molecule has 106 valence electrons. The molecule has 0 aliphatic carbocycles. The number of rotatable bonds is 5. The van der Waals surface area contributed by atoms with Crippen LogP contribution < -0.4 is 0 Å². The maximum Gasteiger partial charge on any atom is 0.306 e. The molecule has 2 aromatic rings. The molecular weight excluding hydrogens is 260 g/mol. The van der Waals surface area contributed by atoms with Gasteiger partial charge in [0.05, 0.1) is 17.0 Å². The standard InChI is InChI=1S/C14H16N2O4/c1-3-8(14(19)20)6-12-15-13-9(7-17)11(18)5-4-10(13)16(12)2/h4-5,7-8,18H,3,6H2,1-2H3,(H,19,20). The zero-order valence-electron chi connectivity index (χ0n) is 11.3. The number of carbonyl (C=O) groups is 2. The Labute approximate surface area is 115 Å². The van der Waals surface area contributed by atoms with Crippen molar-refractivity contribution in [3.05, 3.63) is 23.5 Å². The molecule has 6 nitrogen and oxygen atoms in total. The SMILES string of the molecule is CCC(Cc1nc2c(C=O)c(O)ccc2n1C)C(=O)O. The van der Waals surface area contributed by atoms with Gasteiger partial charge in [0, 0.05) is 13.5 Å². The number of phenolic OH excluding ortho intramolecular Hbond substituents is 1. The van der Waals surface area contributed by atoms with Crippen LogP contribution in [-0.4, -0.2) is 32.0 Å². The zero-order chi connectivity index (χ0) is 14.9. The lowest BCUT2D eigenvalue weighted by atomic mass is 10.0. The Morgan fingerprint density at radius 1 is 1.50 bits per heavy atom. The molecule has 0 saturated heterocycles. The topological polar surface area (TPSA) is 92.4 Å². The van der Waals surface area contributed by atoms with Gasteiger partial charge in [-0.1, -0.05) is 6.92 Å². The van der Waals surface area contributed by atoms with E-state index >= 15 is 0 Å². The van der Waals surface area contributed by atoms with Crippen molar-refractivity contribution in [2.24, 2.45) is 13.0 Å². The number of carboxylic acids is 1. The first-order valence-electron chi connectivity index (χ1n) is 6.34. The van der Waals surface area contributed by atoms with Gasteiger partial charge in [-0.15, -0.1) is 0 Å². The van der Waals surface area contributed by atoms with Crippen LogP contribution in [0, 0.1) is 5.92 Å². The second-order valence-electron chi connectivity index (χ2n) is 4.72. The molecule has 20 heavy (non-hydrogen) atoms. The Morgan fingerprint density at radius 3 is 2.75 bits per heavy atom. The molecule has 6 heteroatoms. The van der Waals surface area contributed by atoms with Crippen molar-refractivity contribution in [2.75, 3.05) is 0 Å². The van der Waals surface area contributed by atoms with Crippen LogP contribution in [0.2, 0.25) is 0 Å².